The number of nitrogens with zero attached hydrogens (tertiary/aromatic N) is 5. The Balaban J connectivity index is 1.28. The van der Waals surface area contributed by atoms with E-state index < -0.39 is 0 Å². The van der Waals surface area contributed by atoms with Crippen LogP contribution in [-0.2, 0) is 4.74 Å². The number of rotatable bonds is 11. The van der Waals surface area contributed by atoms with Crippen LogP contribution in [-0.4, -0.2) is 86.4 Å². The van der Waals surface area contributed by atoms with Crippen LogP contribution in [0.1, 0.15) is 26.2 Å². The number of aromatic nitrogens is 2. The fourth-order valence-corrected chi connectivity index (χ4v) is 3.19. The van der Waals surface area contributed by atoms with E-state index in [4.69, 9.17) is 4.74 Å². The lowest BCUT2D eigenvalue weighted by Crippen LogP contribution is -2.49. The molecule has 1 saturated carbocycles. The van der Waals surface area contributed by atoms with Gasteiger partial charge in [0.1, 0.15) is 0 Å². The Morgan fingerprint density at radius 1 is 1.18 bits per heavy atom. The van der Waals surface area contributed by atoms with Gasteiger partial charge >= 0.3 is 0 Å². The predicted molar refractivity (Wildman–Crippen MR) is 113 cm³/mol. The Hall–Kier alpha value is -1.93. The second-order valence-corrected chi connectivity index (χ2v) is 7.44. The van der Waals surface area contributed by atoms with Crippen LogP contribution in [0.5, 0.6) is 0 Å². The second kappa shape index (κ2) is 11.8. The number of nitrogens with one attached hydrogen (secondary N) is 2. The molecule has 2 aliphatic rings. The van der Waals surface area contributed by atoms with Gasteiger partial charge in [-0.1, -0.05) is 0 Å². The highest BCUT2D eigenvalue weighted by Gasteiger charge is 2.21. The third-order valence-electron chi connectivity index (χ3n) is 5.04. The molecule has 0 radical (unpaired) electrons. The van der Waals surface area contributed by atoms with Gasteiger partial charge in [-0.25, -0.2) is 9.97 Å². The van der Waals surface area contributed by atoms with Gasteiger partial charge in [0.25, 0.3) is 0 Å². The van der Waals surface area contributed by atoms with Gasteiger partial charge in [-0.2, -0.15) is 0 Å². The Bertz CT molecular complexity index is 571. The van der Waals surface area contributed by atoms with Crippen molar-refractivity contribution in [3.05, 3.63) is 18.5 Å². The maximum Gasteiger partial charge on any atom is 0.225 e. The fraction of sp³-hybridized carbons (Fsp3) is 0.750. The third kappa shape index (κ3) is 7.59. The molecule has 0 bridgehead atoms. The monoisotopic (exact) mass is 389 g/mol. The first kappa shape index (κ1) is 20.8. The number of ether oxygens (including phenoxy) is 1. The van der Waals surface area contributed by atoms with Crippen molar-refractivity contribution in [2.45, 2.75) is 26.2 Å². The zero-order valence-corrected chi connectivity index (χ0v) is 17.1. The largest absolute Gasteiger partial charge is 0.381 e. The number of piperazine rings is 1. The summed E-state index contributed by atoms with van der Waals surface area (Å²) in [4.78, 5) is 18.1. The maximum atomic E-state index is 5.67. The summed E-state index contributed by atoms with van der Waals surface area (Å²) in [5.41, 5.74) is 0. The highest BCUT2D eigenvalue weighted by molar-refractivity contribution is 5.79. The average molecular weight is 390 g/mol. The number of hydrogen-bond donors (Lipinski definition) is 2. The molecule has 0 amide bonds. The van der Waals surface area contributed by atoms with Gasteiger partial charge in [0.15, 0.2) is 5.96 Å². The van der Waals surface area contributed by atoms with Crippen LogP contribution in [0.25, 0.3) is 0 Å². The van der Waals surface area contributed by atoms with Crippen LogP contribution in [0.2, 0.25) is 0 Å². The standard InChI is InChI=1S/C20H35N7O/c1-2-21-19(22-9-4-16-28-17-18-5-6-18)23-10-11-26-12-14-27(15-13-26)20-24-7-3-8-25-20/h3,7-8,18H,2,4-6,9-17H2,1H3,(H2,21,22,23). The highest BCUT2D eigenvalue weighted by atomic mass is 16.5. The summed E-state index contributed by atoms with van der Waals surface area (Å²) in [6.07, 6.45) is 7.29. The van der Waals surface area contributed by atoms with E-state index in [0.717, 1.165) is 89.8 Å². The first-order valence-corrected chi connectivity index (χ1v) is 10.7. The predicted octanol–water partition coefficient (Wildman–Crippen LogP) is 0.970. The summed E-state index contributed by atoms with van der Waals surface area (Å²) in [6.45, 7) is 11.4. The molecular weight excluding hydrogens is 354 g/mol. The molecule has 0 spiro atoms. The van der Waals surface area contributed by atoms with E-state index in [1.165, 1.54) is 12.8 Å². The Labute approximate surface area is 168 Å². The van der Waals surface area contributed by atoms with Crippen LogP contribution < -0.4 is 15.5 Å². The smallest absolute Gasteiger partial charge is 0.225 e. The lowest BCUT2D eigenvalue weighted by Gasteiger charge is -2.34. The van der Waals surface area contributed by atoms with E-state index in [1.807, 2.05) is 6.07 Å². The van der Waals surface area contributed by atoms with Crippen molar-refractivity contribution in [1.82, 2.24) is 25.5 Å². The minimum absolute atomic E-state index is 0.801. The van der Waals surface area contributed by atoms with Gasteiger partial charge in [0, 0.05) is 78.0 Å². The summed E-state index contributed by atoms with van der Waals surface area (Å²) in [5.74, 6) is 2.58. The summed E-state index contributed by atoms with van der Waals surface area (Å²) >= 11 is 0. The maximum absolute atomic E-state index is 5.67. The molecule has 156 valence electrons. The average Bonchev–Trinajstić information content (AvgIpc) is 3.56. The Morgan fingerprint density at radius 2 is 1.96 bits per heavy atom. The van der Waals surface area contributed by atoms with E-state index in [9.17, 15) is 0 Å². The molecule has 0 atom stereocenters. The van der Waals surface area contributed by atoms with Crippen molar-refractivity contribution >= 4 is 11.9 Å². The molecular formula is C20H35N7O. The summed E-state index contributed by atoms with van der Waals surface area (Å²) < 4.78 is 5.67. The molecule has 2 N–H and O–H groups in total. The second-order valence-electron chi connectivity index (χ2n) is 7.44. The third-order valence-corrected chi connectivity index (χ3v) is 5.04. The minimum atomic E-state index is 0.801. The summed E-state index contributed by atoms with van der Waals surface area (Å²) in [7, 11) is 0. The van der Waals surface area contributed by atoms with Crippen molar-refractivity contribution in [2.75, 3.05) is 70.5 Å². The quantitative estimate of drug-likeness (QED) is 0.332. The molecule has 8 nitrogen and oxygen atoms in total. The number of guanidine groups is 1. The van der Waals surface area contributed by atoms with Gasteiger partial charge in [-0.15, -0.1) is 0 Å². The molecule has 1 aromatic rings. The molecule has 1 aliphatic heterocycles. The zero-order chi connectivity index (χ0) is 19.4. The number of aliphatic imine (C=N–C) groups is 1. The van der Waals surface area contributed by atoms with E-state index in [0.29, 0.717) is 0 Å². The lowest BCUT2D eigenvalue weighted by atomic mass is 10.3. The number of anilines is 1. The van der Waals surface area contributed by atoms with Gasteiger partial charge in [-0.05, 0) is 38.2 Å². The summed E-state index contributed by atoms with van der Waals surface area (Å²) in [5, 5.41) is 6.77. The van der Waals surface area contributed by atoms with Crippen molar-refractivity contribution in [1.29, 1.82) is 0 Å². The first-order chi connectivity index (χ1) is 13.8. The SMILES string of the molecule is CCNC(=NCCCOCC1CC1)NCCN1CCN(c2ncccn2)CC1. The fourth-order valence-electron chi connectivity index (χ4n) is 3.19. The van der Waals surface area contributed by atoms with Crippen LogP contribution >= 0.6 is 0 Å². The Kier molecular flexibility index (Phi) is 8.77. The molecule has 28 heavy (non-hydrogen) atoms. The van der Waals surface area contributed by atoms with Gasteiger partial charge < -0.3 is 20.3 Å². The molecule has 2 heterocycles. The van der Waals surface area contributed by atoms with E-state index in [-0.39, 0.29) is 0 Å². The zero-order valence-electron chi connectivity index (χ0n) is 17.1. The molecule has 2 fully saturated rings. The normalized spacial score (nSPS) is 18.3. The first-order valence-electron chi connectivity index (χ1n) is 10.7. The summed E-state index contributed by atoms with van der Waals surface area (Å²) in [6, 6.07) is 1.86. The van der Waals surface area contributed by atoms with Crippen LogP contribution in [0.15, 0.2) is 23.5 Å². The van der Waals surface area contributed by atoms with E-state index >= 15 is 0 Å². The van der Waals surface area contributed by atoms with Crippen molar-refractivity contribution in [3.8, 4) is 0 Å². The number of hydrogen-bond acceptors (Lipinski definition) is 6. The van der Waals surface area contributed by atoms with E-state index in [1.54, 1.807) is 12.4 Å². The molecule has 3 rings (SSSR count). The Morgan fingerprint density at radius 3 is 2.68 bits per heavy atom. The topological polar surface area (TPSA) is 77.9 Å². The lowest BCUT2D eigenvalue weighted by molar-refractivity contribution is 0.123. The van der Waals surface area contributed by atoms with E-state index in [2.05, 4.69) is 42.3 Å². The van der Waals surface area contributed by atoms with Crippen LogP contribution in [0.4, 0.5) is 5.95 Å². The van der Waals surface area contributed by atoms with Crippen molar-refractivity contribution in [3.63, 3.8) is 0 Å². The van der Waals surface area contributed by atoms with Gasteiger partial charge in [0.05, 0.1) is 0 Å². The molecule has 0 aromatic carbocycles. The van der Waals surface area contributed by atoms with Crippen molar-refractivity contribution < 1.29 is 4.74 Å². The molecule has 1 aromatic heterocycles. The minimum Gasteiger partial charge on any atom is -0.381 e. The van der Waals surface area contributed by atoms with Gasteiger partial charge in [0.2, 0.25) is 5.95 Å². The highest BCUT2D eigenvalue weighted by Crippen LogP contribution is 2.28. The molecule has 1 saturated heterocycles. The molecule has 8 heteroatoms. The molecule has 0 unspecified atom stereocenters. The van der Waals surface area contributed by atoms with Crippen molar-refractivity contribution in [2.24, 2.45) is 10.9 Å². The van der Waals surface area contributed by atoms with Crippen LogP contribution in [0, 0.1) is 5.92 Å². The van der Waals surface area contributed by atoms with Gasteiger partial charge in [-0.3, -0.25) is 9.89 Å². The van der Waals surface area contributed by atoms with Crippen LogP contribution in [0.3, 0.4) is 0 Å². The molecule has 1 aliphatic carbocycles.